The van der Waals surface area contributed by atoms with Gasteiger partial charge in [-0.3, -0.25) is 4.79 Å². The first-order valence-corrected chi connectivity index (χ1v) is 7.65. The maximum atomic E-state index is 11.9. The zero-order valence-electron chi connectivity index (χ0n) is 11.1. The average Bonchev–Trinajstić information content (AvgIpc) is 2.77. The molecular weight excluding hydrogens is 278 g/mol. The molecule has 4 nitrogen and oxygen atoms in total. The Morgan fingerprint density at radius 1 is 1.32 bits per heavy atom. The summed E-state index contributed by atoms with van der Waals surface area (Å²) in [6.45, 7) is 5.89. The van der Waals surface area contributed by atoms with Gasteiger partial charge in [0.15, 0.2) is 4.34 Å². The first-order valence-electron chi connectivity index (χ1n) is 5.84. The third-order valence-corrected chi connectivity index (χ3v) is 4.47. The summed E-state index contributed by atoms with van der Waals surface area (Å²) in [6, 6.07) is 6.02. The van der Waals surface area contributed by atoms with Gasteiger partial charge in [0.05, 0.1) is 5.75 Å². The van der Waals surface area contributed by atoms with Crippen LogP contribution in [0.15, 0.2) is 22.5 Å². The highest BCUT2D eigenvalue weighted by atomic mass is 32.2. The molecule has 1 amide bonds. The van der Waals surface area contributed by atoms with Crippen LogP contribution in [0.4, 0.5) is 5.69 Å². The topological polar surface area (TPSA) is 54.9 Å². The summed E-state index contributed by atoms with van der Waals surface area (Å²) in [7, 11) is 0. The summed E-state index contributed by atoms with van der Waals surface area (Å²) >= 11 is 2.91. The number of thioether (sulfide) groups is 1. The second-order valence-corrected chi connectivity index (χ2v) is 6.65. The number of carbonyl (C=O) groups excluding carboxylic acids is 1. The van der Waals surface area contributed by atoms with Crippen LogP contribution in [0, 0.1) is 20.8 Å². The van der Waals surface area contributed by atoms with Crippen LogP contribution in [0.1, 0.15) is 16.1 Å². The minimum absolute atomic E-state index is 0.0217. The Balaban J connectivity index is 1.92. The van der Waals surface area contributed by atoms with Crippen molar-refractivity contribution in [2.24, 2.45) is 0 Å². The number of aromatic nitrogens is 2. The fourth-order valence-corrected chi connectivity index (χ4v) is 3.14. The molecule has 19 heavy (non-hydrogen) atoms. The Morgan fingerprint density at radius 3 is 2.79 bits per heavy atom. The quantitative estimate of drug-likeness (QED) is 0.880. The Kier molecular flexibility index (Phi) is 4.55. The molecule has 0 radical (unpaired) electrons. The molecule has 6 heteroatoms. The van der Waals surface area contributed by atoms with E-state index in [-0.39, 0.29) is 5.91 Å². The van der Waals surface area contributed by atoms with Gasteiger partial charge in [-0.05, 0) is 38.0 Å². The van der Waals surface area contributed by atoms with E-state index in [2.05, 4.69) is 15.5 Å². The molecule has 1 heterocycles. The van der Waals surface area contributed by atoms with E-state index in [1.165, 1.54) is 23.1 Å². The van der Waals surface area contributed by atoms with Gasteiger partial charge >= 0.3 is 0 Å². The molecular formula is C13H15N3OS2. The molecule has 2 aromatic rings. The van der Waals surface area contributed by atoms with Gasteiger partial charge in [-0.1, -0.05) is 35.2 Å². The van der Waals surface area contributed by atoms with Gasteiger partial charge in [-0.2, -0.15) is 0 Å². The van der Waals surface area contributed by atoms with Crippen LogP contribution < -0.4 is 5.32 Å². The van der Waals surface area contributed by atoms with Crippen molar-refractivity contribution in [2.75, 3.05) is 11.1 Å². The van der Waals surface area contributed by atoms with E-state index in [0.29, 0.717) is 5.75 Å². The van der Waals surface area contributed by atoms with Crippen molar-refractivity contribution in [3.8, 4) is 0 Å². The maximum Gasteiger partial charge on any atom is 0.234 e. The van der Waals surface area contributed by atoms with E-state index in [9.17, 15) is 4.79 Å². The normalized spacial score (nSPS) is 10.5. The van der Waals surface area contributed by atoms with E-state index in [1.807, 2.05) is 39.0 Å². The summed E-state index contributed by atoms with van der Waals surface area (Å²) in [5.74, 6) is 0.328. The molecule has 0 spiro atoms. The molecule has 1 aromatic carbocycles. The molecule has 0 aliphatic carbocycles. The Hall–Kier alpha value is -1.40. The lowest BCUT2D eigenvalue weighted by atomic mass is 10.1. The predicted octanol–water partition coefficient (Wildman–Crippen LogP) is 3.19. The molecule has 1 aromatic heterocycles. The lowest BCUT2D eigenvalue weighted by Crippen LogP contribution is -2.14. The van der Waals surface area contributed by atoms with Crippen LogP contribution in [-0.2, 0) is 4.79 Å². The van der Waals surface area contributed by atoms with Crippen molar-refractivity contribution < 1.29 is 4.79 Å². The summed E-state index contributed by atoms with van der Waals surface area (Å²) in [6.07, 6.45) is 0. The SMILES string of the molecule is Cc1ccc(C)c(NC(=O)CSc2nnc(C)s2)c1. The molecule has 100 valence electrons. The third kappa shape index (κ3) is 4.04. The number of hydrogen-bond acceptors (Lipinski definition) is 5. The minimum Gasteiger partial charge on any atom is -0.325 e. The van der Waals surface area contributed by atoms with E-state index in [0.717, 1.165) is 26.2 Å². The molecule has 0 aliphatic rings. The molecule has 0 unspecified atom stereocenters. The predicted molar refractivity (Wildman–Crippen MR) is 79.9 cm³/mol. The van der Waals surface area contributed by atoms with Crippen molar-refractivity contribution >= 4 is 34.7 Å². The number of benzene rings is 1. The summed E-state index contributed by atoms with van der Waals surface area (Å²) in [5, 5.41) is 11.7. The van der Waals surface area contributed by atoms with Gasteiger partial charge in [0, 0.05) is 5.69 Å². The summed E-state index contributed by atoms with van der Waals surface area (Å²) in [4.78, 5) is 11.9. The van der Waals surface area contributed by atoms with E-state index in [4.69, 9.17) is 0 Å². The first kappa shape index (κ1) is 14.0. The number of carbonyl (C=O) groups is 1. The van der Waals surface area contributed by atoms with Crippen LogP contribution in [0.5, 0.6) is 0 Å². The molecule has 2 rings (SSSR count). The van der Waals surface area contributed by atoms with Gasteiger partial charge < -0.3 is 5.32 Å². The van der Waals surface area contributed by atoms with Crippen LogP contribution in [-0.4, -0.2) is 21.9 Å². The summed E-state index contributed by atoms with van der Waals surface area (Å²) < 4.78 is 0.827. The third-order valence-electron chi connectivity index (χ3n) is 2.50. The minimum atomic E-state index is -0.0217. The van der Waals surface area contributed by atoms with Gasteiger partial charge in [0.25, 0.3) is 0 Å². The lowest BCUT2D eigenvalue weighted by Gasteiger charge is -2.08. The molecule has 0 fully saturated rings. The van der Waals surface area contributed by atoms with E-state index < -0.39 is 0 Å². The number of nitrogens with one attached hydrogen (secondary N) is 1. The van der Waals surface area contributed by atoms with Crippen LogP contribution in [0.25, 0.3) is 0 Å². The molecule has 0 saturated heterocycles. The lowest BCUT2D eigenvalue weighted by molar-refractivity contribution is -0.113. The number of hydrogen-bond donors (Lipinski definition) is 1. The van der Waals surface area contributed by atoms with Crippen molar-refractivity contribution in [3.63, 3.8) is 0 Å². The Labute approximate surface area is 120 Å². The zero-order chi connectivity index (χ0) is 13.8. The summed E-state index contributed by atoms with van der Waals surface area (Å²) in [5.41, 5.74) is 3.07. The highest BCUT2D eigenvalue weighted by molar-refractivity contribution is 8.01. The fraction of sp³-hybridized carbons (Fsp3) is 0.308. The smallest absolute Gasteiger partial charge is 0.234 e. The highest BCUT2D eigenvalue weighted by Crippen LogP contribution is 2.22. The molecule has 0 atom stereocenters. The Bertz CT molecular complexity index is 595. The fourth-order valence-electron chi connectivity index (χ4n) is 1.52. The van der Waals surface area contributed by atoms with Crippen LogP contribution in [0.3, 0.4) is 0 Å². The first-order chi connectivity index (χ1) is 9.04. The second-order valence-electron chi connectivity index (χ2n) is 4.24. The molecule has 1 N–H and O–H groups in total. The van der Waals surface area contributed by atoms with Crippen LogP contribution in [0.2, 0.25) is 0 Å². The van der Waals surface area contributed by atoms with Crippen molar-refractivity contribution in [2.45, 2.75) is 25.1 Å². The number of nitrogens with zero attached hydrogens (tertiary/aromatic N) is 2. The van der Waals surface area contributed by atoms with Crippen molar-refractivity contribution in [1.82, 2.24) is 10.2 Å². The van der Waals surface area contributed by atoms with Crippen molar-refractivity contribution in [1.29, 1.82) is 0 Å². The van der Waals surface area contributed by atoms with Gasteiger partial charge in [0.1, 0.15) is 5.01 Å². The molecule has 0 saturated carbocycles. The average molecular weight is 293 g/mol. The standard InChI is InChI=1S/C13H15N3OS2/c1-8-4-5-9(2)11(6-8)14-12(17)7-18-13-16-15-10(3)19-13/h4-6H,7H2,1-3H3,(H,14,17). The second kappa shape index (κ2) is 6.16. The molecule has 0 bridgehead atoms. The zero-order valence-corrected chi connectivity index (χ0v) is 12.7. The number of amides is 1. The monoisotopic (exact) mass is 293 g/mol. The number of aryl methyl sites for hydroxylation is 3. The van der Waals surface area contributed by atoms with E-state index >= 15 is 0 Å². The largest absolute Gasteiger partial charge is 0.325 e. The number of rotatable bonds is 4. The van der Waals surface area contributed by atoms with Gasteiger partial charge in [0.2, 0.25) is 5.91 Å². The molecule has 0 aliphatic heterocycles. The van der Waals surface area contributed by atoms with Crippen molar-refractivity contribution in [3.05, 3.63) is 34.3 Å². The number of anilines is 1. The van der Waals surface area contributed by atoms with Gasteiger partial charge in [-0.25, -0.2) is 0 Å². The Morgan fingerprint density at radius 2 is 2.11 bits per heavy atom. The van der Waals surface area contributed by atoms with Crippen LogP contribution >= 0.6 is 23.1 Å². The maximum absolute atomic E-state index is 11.9. The van der Waals surface area contributed by atoms with Gasteiger partial charge in [-0.15, -0.1) is 10.2 Å². The highest BCUT2D eigenvalue weighted by Gasteiger charge is 2.08. The van der Waals surface area contributed by atoms with E-state index in [1.54, 1.807) is 0 Å².